The Labute approximate surface area is 110 Å². The Balaban J connectivity index is 1.89. The summed E-state index contributed by atoms with van der Waals surface area (Å²) < 4.78 is 0. The lowest BCUT2D eigenvalue weighted by Crippen LogP contribution is -2.53. The molecule has 102 valence electrons. The van der Waals surface area contributed by atoms with Crippen molar-refractivity contribution in [3.8, 4) is 0 Å². The molecule has 4 aliphatic rings. The molecule has 0 radical (unpaired) electrons. The fourth-order valence-corrected chi connectivity index (χ4v) is 5.66. The summed E-state index contributed by atoms with van der Waals surface area (Å²) in [5, 5.41) is 9.51. The molecule has 4 bridgehead atoms. The van der Waals surface area contributed by atoms with Gasteiger partial charge in [-0.25, -0.2) is 0 Å². The fourth-order valence-electron chi connectivity index (χ4n) is 5.66. The van der Waals surface area contributed by atoms with Gasteiger partial charge in [-0.2, -0.15) is 0 Å². The predicted molar refractivity (Wildman–Crippen MR) is 71.2 cm³/mol. The molecule has 4 rings (SSSR count). The van der Waals surface area contributed by atoms with E-state index in [0.717, 1.165) is 17.8 Å². The molecule has 0 amide bonds. The Hall–Kier alpha value is -0.530. The van der Waals surface area contributed by atoms with Gasteiger partial charge < -0.3 is 5.11 Å². The normalized spacial score (nSPS) is 44.1. The SMILES string of the molecule is CC(C12CC3CC(CC(C3)C1)C2)C(C)(C)C(=O)O. The molecule has 0 aromatic rings. The maximum absolute atomic E-state index is 11.6. The molecule has 18 heavy (non-hydrogen) atoms. The molecule has 1 N–H and O–H groups in total. The van der Waals surface area contributed by atoms with Crippen molar-refractivity contribution in [3.63, 3.8) is 0 Å². The third-order valence-electron chi connectivity index (χ3n) is 6.64. The van der Waals surface area contributed by atoms with Gasteiger partial charge in [0.25, 0.3) is 0 Å². The summed E-state index contributed by atoms with van der Waals surface area (Å²) in [5.74, 6) is 2.40. The maximum atomic E-state index is 11.6. The molecule has 4 fully saturated rings. The van der Waals surface area contributed by atoms with Crippen LogP contribution in [0.3, 0.4) is 0 Å². The molecular formula is C16H26O2. The van der Waals surface area contributed by atoms with Crippen LogP contribution in [0.4, 0.5) is 0 Å². The van der Waals surface area contributed by atoms with Crippen molar-refractivity contribution >= 4 is 5.97 Å². The van der Waals surface area contributed by atoms with Crippen LogP contribution in [0, 0.1) is 34.5 Å². The van der Waals surface area contributed by atoms with Crippen molar-refractivity contribution in [2.75, 3.05) is 0 Å². The van der Waals surface area contributed by atoms with E-state index in [-0.39, 0.29) is 0 Å². The van der Waals surface area contributed by atoms with E-state index in [1.54, 1.807) is 0 Å². The molecule has 1 atom stereocenters. The highest BCUT2D eigenvalue weighted by atomic mass is 16.4. The lowest BCUT2D eigenvalue weighted by atomic mass is 9.44. The second-order valence-corrected chi connectivity index (χ2v) is 8.03. The van der Waals surface area contributed by atoms with Crippen molar-refractivity contribution in [1.82, 2.24) is 0 Å². The Bertz CT molecular complexity index is 334. The second-order valence-electron chi connectivity index (χ2n) is 8.03. The van der Waals surface area contributed by atoms with Gasteiger partial charge in [-0.1, -0.05) is 6.92 Å². The zero-order valence-electron chi connectivity index (χ0n) is 11.9. The molecule has 0 saturated heterocycles. The van der Waals surface area contributed by atoms with Crippen LogP contribution in [0.5, 0.6) is 0 Å². The highest BCUT2D eigenvalue weighted by molar-refractivity contribution is 5.74. The van der Waals surface area contributed by atoms with Crippen LogP contribution >= 0.6 is 0 Å². The van der Waals surface area contributed by atoms with Crippen molar-refractivity contribution in [3.05, 3.63) is 0 Å². The average Bonchev–Trinajstić information content (AvgIpc) is 2.25. The van der Waals surface area contributed by atoms with E-state index in [1.807, 2.05) is 13.8 Å². The number of hydrogen-bond donors (Lipinski definition) is 1. The second kappa shape index (κ2) is 3.74. The first kappa shape index (κ1) is 12.5. The molecule has 0 spiro atoms. The summed E-state index contributed by atoms with van der Waals surface area (Å²) in [7, 11) is 0. The van der Waals surface area contributed by atoms with Crippen molar-refractivity contribution in [2.24, 2.45) is 34.5 Å². The molecule has 2 nitrogen and oxygen atoms in total. The van der Waals surface area contributed by atoms with Gasteiger partial charge in [0, 0.05) is 0 Å². The lowest BCUT2D eigenvalue weighted by Gasteiger charge is -2.61. The Kier molecular flexibility index (Phi) is 2.60. The van der Waals surface area contributed by atoms with Crippen molar-refractivity contribution < 1.29 is 9.90 Å². The van der Waals surface area contributed by atoms with Crippen LogP contribution < -0.4 is 0 Å². The van der Waals surface area contributed by atoms with Gasteiger partial charge in [0.05, 0.1) is 5.41 Å². The summed E-state index contributed by atoms with van der Waals surface area (Å²) in [5.41, 5.74) is -0.234. The number of rotatable bonds is 3. The van der Waals surface area contributed by atoms with Crippen LogP contribution in [0.15, 0.2) is 0 Å². The number of carboxylic acid groups (broad SMARTS) is 1. The number of aliphatic carboxylic acids is 1. The van der Waals surface area contributed by atoms with E-state index in [2.05, 4.69) is 6.92 Å². The van der Waals surface area contributed by atoms with Crippen molar-refractivity contribution in [1.29, 1.82) is 0 Å². The first-order valence-corrected chi connectivity index (χ1v) is 7.57. The molecule has 0 heterocycles. The highest BCUT2D eigenvalue weighted by Gasteiger charge is 2.56. The highest BCUT2D eigenvalue weighted by Crippen LogP contribution is 2.64. The standard InChI is InChI=1S/C16H26O2/c1-10(15(2,3)14(17)18)16-7-11-4-12(8-16)6-13(5-11)9-16/h10-13H,4-9H2,1-3H3,(H,17,18). The molecule has 0 aromatic carbocycles. The number of hydrogen-bond acceptors (Lipinski definition) is 1. The molecule has 0 aliphatic heterocycles. The maximum Gasteiger partial charge on any atom is 0.309 e. The van der Waals surface area contributed by atoms with Gasteiger partial charge in [-0.05, 0) is 81.5 Å². The summed E-state index contributed by atoms with van der Waals surface area (Å²) in [4.78, 5) is 11.6. The minimum absolute atomic E-state index is 0.302. The smallest absolute Gasteiger partial charge is 0.309 e. The predicted octanol–water partition coefficient (Wildman–Crippen LogP) is 3.95. The summed E-state index contributed by atoms with van der Waals surface area (Å²) in [6, 6.07) is 0. The average molecular weight is 250 g/mol. The quantitative estimate of drug-likeness (QED) is 0.823. The molecule has 1 unspecified atom stereocenters. The Morgan fingerprint density at radius 2 is 1.50 bits per heavy atom. The van der Waals surface area contributed by atoms with Crippen LogP contribution in [0.2, 0.25) is 0 Å². The zero-order chi connectivity index (χ0) is 13.1. The first-order valence-electron chi connectivity index (χ1n) is 7.57. The van der Waals surface area contributed by atoms with E-state index >= 15 is 0 Å². The van der Waals surface area contributed by atoms with Crippen LogP contribution in [-0.4, -0.2) is 11.1 Å². The van der Waals surface area contributed by atoms with E-state index < -0.39 is 11.4 Å². The lowest BCUT2D eigenvalue weighted by molar-refractivity contribution is -0.162. The number of carbonyl (C=O) groups is 1. The third-order valence-corrected chi connectivity index (χ3v) is 6.64. The minimum Gasteiger partial charge on any atom is -0.481 e. The molecular weight excluding hydrogens is 224 g/mol. The topological polar surface area (TPSA) is 37.3 Å². The molecule has 4 aliphatic carbocycles. The van der Waals surface area contributed by atoms with Crippen LogP contribution in [0.1, 0.15) is 59.3 Å². The Morgan fingerprint density at radius 3 is 1.83 bits per heavy atom. The van der Waals surface area contributed by atoms with Crippen LogP contribution in [0.25, 0.3) is 0 Å². The van der Waals surface area contributed by atoms with Gasteiger partial charge >= 0.3 is 5.97 Å². The summed E-state index contributed by atoms with van der Waals surface area (Å²) in [6.07, 6.45) is 8.20. The van der Waals surface area contributed by atoms with Gasteiger partial charge in [-0.15, -0.1) is 0 Å². The molecule has 2 heteroatoms. The number of carboxylic acids is 1. The van der Waals surface area contributed by atoms with E-state index in [0.29, 0.717) is 11.3 Å². The van der Waals surface area contributed by atoms with E-state index in [9.17, 15) is 9.90 Å². The van der Waals surface area contributed by atoms with E-state index in [1.165, 1.54) is 38.5 Å². The van der Waals surface area contributed by atoms with Gasteiger partial charge in [0.15, 0.2) is 0 Å². The Morgan fingerprint density at radius 1 is 1.11 bits per heavy atom. The van der Waals surface area contributed by atoms with Crippen LogP contribution in [-0.2, 0) is 4.79 Å². The largest absolute Gasteiger partial charge is 0.481 e. The monoisotopic (exact) mass is 250 g/mol. The van der Waals surface area contributed by atoms with Gasteiger partial charge in [-0.3, -0.25) is 4.79 Å². The van der Waals surface area contributed by atoms with E-state index in [4.69, 9.17) is 0 Å². The van der Waals surface area contributed by atoms with Crippen molar-refractivity contribution in [2.45, 2.75) is 59.3 Å². The molecule has 4 saturated carbocycles. The minimum atomic E-state index is -0.620. The third kappa shape index (κ3) is 1.64. The fraction of sp³-hybridized carbons (Fsp3) is 0.938. The first-order chi connectivity index (χ1) is 8.33. The van der Waals surface area contributed by atoms with Gasteiger partial charge in [0.2, 0.25) is 0 Å². The summed E-state index contributed by atoms with van der Waals surface area (Å²) in [6.45, 7) is 6.07. The zero-order valence-corrected chi connectivity index (χ0v) is 11.9. The molecule has 0 aromatic heterocycles. The summed E-state index contributed by atoms with van der Waals surface area (Å²) >= 11 is 0. The van der Waals surface area contributed by atoms with Gasteiger partial charge in [0.1, 0.15) is 0 Å².